The van der Waals surface area contributed by atoms with Crippen molar-refractivity contribution >= 4 is 5.91 Å². The molecule has 0 aromatic heterocycles. The van der Waals surface area contributed by atoms with Gasteiger partial charge in [-0.25, -0.2) is 0 Å². The molecule has 0 fully saturated rings. The number of hydrogen-bond acceptors (Lipinski definition) is 5. The van der Waals surface area contributed by atoms with Crippen LogP contribution >= 0.6 is 0 Å². The van der Waals surface area contributed by atoms with E-state index in [9.17, 15) is 4.79 Å². The lowest BCUT2D eigenvalue weighted by Gasteiger charge is -2.15. The molecule has 1 amide bonds. The standard InChI is InChI=1S/C9H20N2O4/c1-7(6-15-2)11-9(14)3-10-8(4-12)5-13/h7-8,10,12-13H,3-6H2,1-2H3,(H,11,14). The van der Waals surface area contributed by atoms with Crippen molar-refractivity contribution in [3.63, 3.8) is 0 Å². The Kier molecular flexibility index (Phi) is 8.21. The lowest BCUT2D eigenvalue weighted by Crippen LogP contribution is -2.45. The predicted molar refractivity (Wildman–Crippen MR) is 55.4 cm³/mol. The van der Waals surface area contributed by atoms with Gasteiger partial charge in [0.05, 0.1) is 32.4 Å². The van der Waals surface area contributed by atoms with Gasteiger partial charge in [0.2, 0.25) is 5.91 Å². The molecule has 0 saturated carbocycles. The van der Waals surface area contributed by atoms with E-state index in [2.05, 4.69) is 10.6 Å². The van der Waals surface area contributed by atoms with Gasteiger partial charge in [-0.2, -0.15) is 0 Å². The quantitative estimate of drug-likeness (QED) is 0.383. The molecular weight excluding hydrogens is 200 g/mol. The van der Waals surface area contributed by atoms with Gasteiger partial charge in [0.25, 0.3) is 0 Å². The second-order valence-electron chi connectivity index (χ2n) is 3.37. The summed E-state index contributed by atoms with van der Waals surface area (Å²) in [4.78, 5) is 11.3. The molecule has 4 N–H and O–H groups in total. The third-order valence-corrected chi connectivity index (χ3v) is 1.82. The highest BCUT2D eigenvalue weighted by Crippen LogP contribution is 1.83. The fourth-order valence-electron chi connectivity index (χ4n) is 1.04. The molecule has 0 saturated heterocycles. The Morgan fingerprint density at radius 3 is 2.47 bits per heavy atom. The van der Waals surface area contributed by atoms with E-state index in [1.165, 1.54) is 0 Å². The number of carbonyl (C=O) groups is 1. The minimum Gasteiger partial charge on any atom is -0.395 e. The van der Waals surface area contributed by atoms with Gasteiger partial charge in [-0.15, -0.1) is 0 Å². The van der Waals surface area contributed by atoms with Crippen molar-refractivity contribution in [2.45, 2.75) is 19.0 Å². The minimum atomic E-state index is -0.450. The lowest BCUT2D eigenvalue weighted by molar-refractivity contribution is -0.121. The minimum absolute atomic E-state index is 0.0500. The third kappa shape index (κ3) is 7.26. The van der Waals surface area contributed by atoms with Crippen molar-refractivity contribution in [2.24, 2.45) is 0 Å². The summed E-state index contributed by atoms with van der Waals surface area (Å²) in [7, 11) is 1.56. The van der Waals surface area contributed by atoms with Gasteiger partial charge in [-0.05, 0) is 6.92 Å². The molecule has 0 aliphatic rings. The van der Waals surface area contributed by atoms with E-state index in [1.54, 1.807) is 7.11 Å². The van der Waals surface area contributed by atoms with Crippen molar-refractivity contribution in [1.82, 2.24) is 10.6 Å². The normalized spacial score (nSPS) is 12.9. The topological polar surface area (TPSA) is 90.8 Å². The average Bonchev–Trinajstić information content (AvgIpc) is 2.19. The van der Waals surface area contributed by atoms with Gasteiger partial charge in [0.15, 0.2) is 0 Å². The molecule has 15 heavy (non-hydrogen) atoms. The van der Waals surface area contributed by atoms with Crippen molar-refractivity contribution in [3.05, 3.63) is 0 Å². The number of ether oxygens (including phenoxy) is 1. The summed E-state index contributed by atoms with van der Waals surface area (Å²) in [6, 6.07) is -0.500. The van der Waals surface area contributed by atoms with Crippen LogP contribution in [0.25, 0.3) is 0 Å². The average molecular weight is 220 g/mol. The highest BCUT2D eigenvalue weighted by Gasteiger charge is 2.09. The van der Waals surface area contributed by atoms with Crippen molar-refractivity contribution < 1.29 is 19.7 Å². The van der Waals surface area contributed by atoms with Crippen LogP contribution in [0.15, 0.2) is 0 Å². The fourth-order valence-corrected chi connectivity index (χ4v) is 1.04. The van der Waals surface area contributed by atoms with Crippen LogP contribution in [-0.4, -0.2) is 61.7 Å². The Labute approximate surface area is 89.6 Å². The lowest BCUT2D eigenvalue weighted by atomic mass is 10.3. The molecular formula is C9H20N2O4. The van der Waals surface area contributed by atoms with Crippen LogP contribution in [0.1, 0.15) is 6.92 Å². The van der Waals surface area contributed by atoms with Crippen molar-refractivity contribution in [2.75, 3.05) is 33.5 Å². The Hall–Kier alpha value is -0.690. The fraction of sp³-hybridized carbons (Fsp3) is 0.889. The molecule has 1 atom stereocenters. The molecule has 0 radical (unpaired) electrons. The molecule has 0 bridgehead atoms. The van der Waals surface area contributed by atoms with Gasteiger partial charge < -0.3 is 25.6 Å². The molecule has 0 aliphatic carbocycles. The van der Waals surface area contributed by atoms with E-state index in [4.69, 9.17) is 14.9 Å². The summed E-state index contributed by atoms with van der Waals surface area (Å²) in [5.74, 6) is -0.188. The maximum absolute atomic E-state index is 11.3. The van der Waals surface area contributed by atoms with Gasteiger partial charge >= 0.3 is 0 Å². The number of amides is 1. The Balaban J connectivity index is 3.64. The van der Waals surface area contributed by atoms with Crippen LogP contribution < -0.4 is 10.6 Å². The Bertz CT molecular complexity index is 173. The van der Waals surface area contributed by atoms with Crippen LogP contribution in [0.5, 0.6) is 0 Å². The summed E-state index contributed by atoms with van der Waals surface area (Å²) >= 11 is 0. The zero-order valence-electron chi connectivity index (χ0n) is 9.19. The highest BCUT2D eigenvalue weighted by atomic mass is 16.5. The largest absolute Gasteiger partial charge is 0.395 e. The first-order valence-corrected chi connectivity index (χ1v) is 4.87. The summed E-state index contributed by atoms with van der Waals surface area (Å²) in [6.07, 6.45) is 0. The molecule has 6 nitrogen and oxygen atoms in total. The van der Waals surface area contributed by atoms with Gasteiger partial charge in [0.1, 0.15) is 0 Å². The number of hydrogen-bond donors (Lipinski definition) is 4. The van der Waals surface area contributed by atoms with Crippen LogP contribution in [0, 0.1) is 0 Å². The first-order valence-electron chi connectivity index (χ1n) is 4.87. The second-order valence-corrected chi connectivity index (χ2v) is 3.37. The molecule has 6 heteroatoms. The molecule has 0 aromatic rings. The van der Waals surface area contributed by atoms with E-state index < -0.39 is 6.04 Å². The maximum atomic E-state index is 11.3. The van der Waals surface area contributed by atoms with E-state index >= 15 is 0 Å². The van der Waals surface area contributed by atoms with Gasteiger partial charge in [-0.3, -0.25) is 4.79 Å². The molecule has 0 aromatic carbocycles. The number of nitrogens with one attached hydrogen (secondary N) is 2. The van der Waals surface area contributed by atoms with E-state index in [-0.39, 0.29) is 31.7 Å². The van der Waals surface area contributed by atoms with Crippen LogP contribution in [0.4, 0.5) is 0 Å². The van der Waals surface area contributed by atoms with Gasteiger partial charge in [-0.1, -0.05) is 0 Å². The molecule has 90 valence electrons. The zero-order valence-corrected chi connectivity index (χ0v) is 9.19. The summed E-state index contributed by atoms with van der Waals surface area (Å²) in [5.41, 5.74) is 0. The second kappa shape index (κ2) is 8.60. The molecule has 0 spiro atoms. The van der Waals surface area contributed by atoms with Gasteiger partial charge in [0, 0.05) is 13.2 Å². The van der Waals surface area contributed by atoms with E-state index in [1.807, 2.05) is 6.92 Å². The first kappa shape index (κ1) is 14.3. The Morgan fingerprint density at radius 1 is 1.40 bits per heavy atom. The first-order chi connectivity index (χ1) is 7.13. The van der Waals surface area contributed by atoms with Crippen LogP contribution in [-0.2, 0) is 9.53 Å². The number of rotatable bonds is 8. The molecule has 0 heterocycles. The number of methoxy groups -OCH3 is 1. The number of aliphatic hydroxyl groups is 2. The number of aliphatic hydroxyl groups excluding tert-OH is 2. The third-order valence-electron chi connectivity index (χ3n) is 1.82. The summed E-state index contributed by atoms with van der Waals surface area (Å²) < 4.78 is 4.86. The van der Waals surface area contributed by atoms with E-state index in [0.29, 0.717) is 6.61 Å². The molecule has 0 rings (SSSR count). The monoisotopic (exact) mass is 220 g/mol. The summed E-state index contributed by atoms with van der Waals surface area (Å²) in [6.45, 7) is 1.96. The predicted octanol–water partition coefficient (Wildman–Crippen LogP) is -1.92. The maximum Gasteiger partial charge on any atom is 0.234 e. The molecule has 0 aliphatic heterocycles. The Morgan fingerprint density at radius 2 is 2.00 bits per heavy atom. The van der Waals surface area contributed by atoms with Crippen molar-refractivity contribution in [1.29, 1.82) is 0 Å². The van der Waals surface area contributed by atoms with Crippen LogP contribution in [0.2, 0.25) is 0 Å². The summed E-state index contributed by atoms with van der Waals surface area (Å²) in [5, 5.41) is 22.9. The SMILES string of the molecule is COCC(C)NC(=O)CNC(CO)CO. The molecule has 1 unspecified atom stereocenters. The van der Waals surface area contributed by atoms with Crippen LogP contribution in [0.3, 0.4) is 0 Å². The highest BCUT2D eigenvalue weighted by molar-refractivity contribution is 5.78. The number of carbonyl (C=O) groups excluding carboxylic acids is 1. The smallest absolute Gasteiger partial charge is 0.234 e. The van der Waals surface area contributed by atoms with E-state index in [0.717, 1.165) is 0 Å². The zero-order chi connectivity index (χ0) is 11.7. The van der Waals surface area contributed by atoms with Crippen molar-refractivity contribution in [3.8, 4) is 0 Å².